The molecule has 2 nitrogen and oxygen atoms in total. The molecular formula is C16H14Cl2O2. The van der Waals surface area contributed by atoms with E-state index in [0.29, 0.717) is 16.5 Å². The van der Waals surface area contributed by atoms with E-state index in [9.17, 15) is 4.79 Å². The highest BCUT2D eigenvalue weighted by molar-refractivity contribution is 6.42. The van der Waals surface area contributed by atoms with Crippen molar-refractivity contribution in [2.75, 3.05) is 7.11 Å². The summed E-state index contributed by atoms with van der Waals surface area (Å²) in [6, 6.07) is 14.9. The Balaban J connectivity index is 2.28. The van der Waals surface area contributed by atoms with Gasteiger partial charge < -0.3 is 4.74 Å². The predicted octanol–water partition coefficient (Wildman–Crippen LogP) is 4.49. The first kappa shape index (κ1) is 14.9. The molecule has 0 saturated carbocycles. The van der Waals surface area contributed by atoms with E-state index >= 15 is 0 Å². The van der Waals surface area contributed by atoms with E-state index in [4.69, 9.17) is 27.9 Å². The van der Waals surface area contributed by atoms with Gasteiger partial charge in [-0.05, 0) is 29.7 Å². The van der Waals surface area contributed by atoms with Crippen LogP contribution in [0.5, 0.6) is 0 Å². The molecule has 0 amide bonds. The Labute approximate surface area is 128 Å². The highest BCUT2D eigenvalue weighted by Crippen LogP contribution is 2.27. The molecule has 0 aliphatic rings. The van der Waals surface area contributed by atoms with Crippen LogP contribution < -0.4 is 0 Å². The molecule has 4 heteroatoms. The molecule has 0 radical (unpaired) electrons. The molecule has 0 aliphatic carbocycles. The molecule has 0 heterocycles. The van der Waals surface area contributed by atoms with Gasteiger partial charge in [0, 0.05) is 0 Å². The number of methoxy groups -OCH3 is 1. The normalized spacial score (nSPS) is 11.9. The van der Waals surface area contributed by atoms with Gasteiger partial charge in [-0.2, -0.15) is 0 Å². The Bertz CT molecular complexity index is 597. The van der Waals surface area contributed by atoms with Crippen LogP contribution >= 0.6 is 23.2 Å². The van der Waals surface area contributed by atoms with Crippen LogP contribution in [0.25, 0.3) is 0 Å². The van der Waals surface area contributed by atoms with Crippen LogP contribution in [0.4, 0.5) is 0 Å². The number of halogens is 2. The molecule has 0 spiro atoms. The van der Waals surface area contributed by atoms with E-state index in [1.807, 2.05) is 36.4 Å². The number of carbonyl (C=O) groups excluding carboxylic acids is 1. The summed E-state index contributed by atoms with van der Waals surface area (Å²) in [5.41, 5.74) is 1.86. The standard InChI is InChI=1S/C16H14Cl2O2/c1-20-16(19)13(12-5-3-2-4-6-12)9-11-7-8-14(17)15(18)10-11/h2-8,10,13H,9H2,1H3. The summed E-state index contributed by atoms with van der Waals surface area (Å²) in [6.07, 6.45) is 0.521. The topological polar surface area (TPSA) is 26.3 Å². The summed E-state index contributed by atoms with van der Waals surface area (Å²) in [5.74, 6) is -0.610. The molecule has 0 fully saturated rings. The summed E-state index contributed by atoms with van der Waals surface area (Å²) in [4.78, 5) is 12.0. The van der Waals surface area contributed by atoms with Crippen LogP contribution in [0.15, 0.2) is 48.5 Å². The second-order valence-electron chi connectivity index (χ2n) is 4.44. The second-order valence-corrected chi connectivity index (χ2v) is 5.25. The van der Waals surface area contributed by atoms with Crippen molar-refractivity contribution >= 4 is 29.2 Å². The number of rotatable bonds is 4. The maximum atomic E-state index is 12.0. The van der Waals surface area contributed by atoms with Crippen molar-refractivity contribution in [3.05, 3.63) is 69.7 Å². The first-order valence-electron chi connectivity index (χ1n) is 6.18. The minimum atomic E-state index is -0.349. The van der Waals surface area contributed by atoms with E-state index in [1.165, 1.54) is 7.11 Å². The van der Waals surface area contributed by atoms with E-state index in [0.717, 1.165) is 11.1 Å². The van der Waals surface area contributed by atoms with Crippen LogP contribution in [-0.2, 0) is 16.0 Å². The molecule has 2 aromatic carbocycles. The molecule has 20 heavy (non-hydrogen) atoms. The van der Waals surface area contributed by atoms with Gasteiger partial charge in [-0.1, -0.05) is 59.6 Å². The van der Waals surface area contributed by atoms with Crippen molar-refractivity contribution in [1.29, 1.82) is 0 Å². The summed E-state index contributed by atoms with van der Waals surface area (Å²) in [5, 5.41) is 0.991. The average Bonchev–Trinajstić information content (AvgIpc) is 2.48. The maximum absolute atomic E-state index is 12.0. The van der Waals surface area contributed by atoms with Crippen molar-refractivity contribution < 1.29 is 9.53 Å². The van der Waals surface area contributed by atoms with Crippen molar-refractivity contribution in [1.82, 2.24) is 0 Å². The molecule has 0 aliphatic heterocycles. The second kappa shape index (κ2) is 6.78. The highest BCUT2D eigenvalue weighted by atomic mass is 35.5. The fraction of sp³-hybridized carbons (Fsp3) is 0.188. The third kappa shape index (κ3) is 3.53. The Morgan fingerprint density at radius 1 is 1.10 bits per heavy atom. The van der Waals surface area contributed by atoms with Crippen LogP contribution in [-0.4, -0.2) is 13.1 Å². The predicted molar refractivity (Wildman–Crippen MR) is 81.4 cm³/mol. The van der Waals surface area contributed by atoms with Gasteiger partial charge >= 0.3 is 5.97 Å². The highest BCUT2D eigenvalue weighted by Gasteiger charge is 2.21. The molecule has 2 aromatic rings. The number of ether oxygens (including phenoxy) is 1. The first-order chi connectivity index (χ1) is 9.61. The summed E-state index contributed by atoms with van der Waals surface area (Å²) >= 11 is 11.9. The fourth-order valence-corrected chi connectivity index (χ4v) is 2.39. The van der Waals surface area contributed by atoms with Crippen molar-refractivity contribution in [3.8, 4) is 0 Å². The van der Waals surface area contributed by atoms with E-state index in [2.05, 4.69) is 0 Å². The van der Waals surface area contributed by atoms with Gasteiger partial charge in [0.15, 0.2) is 0 Å². The monoisotopic (exact) mass is 308 g/mol. The molecular weight excluding hydrogens is 295 g/mol. The zero-order valence-corrected chi connectivity index (χ0v) is 12.5. The lowest BCUT2D eigenvalue weighted by molar-refractivity contribution is -0.142. The lowest BCUT2D eigenvalue weighted by Crippen LogP contribution is -2.16. The number of carbonyl (C=O) groups is 1. The fourth-order valence-electron chi connectivity index (χ4n) is 2.07. The summed E-state index contributed by atoms with van der Waals surface area (Å²) < 4.78 is 4.89. The first-order valence-corrected chi connectivity index (χ1v) is 6.94. The molecule has 1 atom stereocenters. The SMILES string of the molecule is COC(=O)C(Cc1ccc(Cl)c(Cl)c1)c1ccccc1. The van der Waals surface area contributed by atoms with Crippen LogP contribution in [0.1, 0.15) is 17.0 Å². The number of hydrogen-bond donors (Lipinski definition) is 0. The van der Waals surface area contributed by atoms with E-state index in [1.54, 1.807) is 12.1 Å². The summed E-state index contributed by atoms with van der Waals surface area (Å²) in [6.45, 7) is 0. The van der Waals surface area contributed by atoms with Gasteiger partial charge in [-0.15, -0.1) is 0 Å². The Hall–Kier alpha value is -1.51. The van der Waals surface area contributed by atoms with Crippen molar-refractivity contribution in [3.63, 3.8) is 0 Å². The largest absolute Gasteiger partial charge is 0.469 e. The van der Waals surface area contributed by atoms with Gasteiger partial charge in [0.25, 0.3) is 0 Å². The molecule has 1 unspecified atom stereocenters. The average molecular weight is 309 g/mol. The van der Waals surface area contributed by atoms with Crippen LogP contribution in [0.3, 0.4) is 0 Å². The minimum absolute atomic E-state index is 0.262. The lowest BCUT2D eigenvalue weighted by atomic mass is 9.92. The lowest BCUT2D eigenvalue weighted by Gasteiger charge is -2.15. The third-order valence-corrected chi connectivity index (χ3v) is 3.85. The molecule has 0 N–H and O–H groups in total. The van der Waals surface area contributed by atoms with E-state index < -0.39 is 0 Å². The Morgan fingerprint density at radius 3 is 2.40 bits per heavy atom. The van der Waals surface area contributed by atoms with Gasteiger partial charge in [0.05, 0.1) is 23.1 Å². The zero-order valence-electron chi connectivity index (χ0n) is 11.0. The van der Waals surface area contributed by atoms with E-state index in [-0.39, 0.29) is 11.9 Å². The number of hydrogen-bond acceptors (Lipinski definition) is 2. The van der Waals surface area contributed by atoms with Crippen LogP contribution in [0.2, 0.25) is 10.0 Å². The Kier molecular flexibility index (Phi) is 5.05. The molecule has 0 saturated heterocycles. The summed E-state index contributed by atoms with van der Waals surface area (Å²) in [7, 11) is 1.40. The molecule has 2 rings (SSSR count). The van der Waals surface area contributed by atoms with Crippen molar-refractivity contribution in [2.24, 2.45) is 0 Å². The van der Waals surface area contributed by atoms with Crippen LogP contribution in [0, 0.1) is 0 Å². The third-order valence-electron chi connectivity index (χ3n) is 3.11. The van der Waals surface area contributed by atoms with Gasteiger partial charge in [0.2, 0.25) is 0 Å². The van der Waals surface area contributed by atoms with Gasteiger partial charge in [-0.25, -0.2) is 0 Å². The minimum Gasteiger partial charge on any atom is -0.469 e. The molecule has 0 bridgehead atoms. The zero-order chi connectivity index (χ0) is 14.5. The Morgan fingerprint density at radius 2 is 1.80 bits per heavy atom. The quantitative estimate of drug-likeness (QED) is 0.778. The van der Waals surface area contributed by atoms with Crippen molar-refractivity contribution in [2.45, 2.75) is 12.3 Å². The number of benzene rings is 2. The maximum Gasteiger partial charge on any atom is 0.313 e. The molecule has 0 aromatic heterocycles. The number of esters is 1. The molecule has 104 valence electrons. The smallest absolute Gasteiger partial charge is 0.313 e. The van der Waals surface area contributed by atoms with Gasteiger partial charge in [-0.3, -0.25) is 4.79 Å². The van der Waals surface area contributed by atoms with Gasteiger partial charge in [0.1, 0.15) is 0 Å².